The molecule has 1 heterocycles. The molecule has 1 aliphatic heterocycles. The van der Waals surface area contributed by atoms with Gasteiger partial charge in [0.05, 0.1) is 5.41 Å². The molecule has 1 N–H and O–H groups in total. The number of carbonyl (C=O) groups excluding carboxylic acids is 1. The van der Waals surface area contributed by atoms with Crippen LogP contribution in [0.5, 0.6) is 0 Å². The Morgan fingerprint density at radius 1 is 1.36 bits per heavy atom. The van der Waals surface area contributed by atoms with Crippen LogP contribution in [0.4, 0.5) is 13.2 Å². The van der Waals surface area contributed by atoms with Crippen LogP contribution in [0.15, 0.2) is 24.3 Å². The number of benzene rings is 1. The van der Waals surface area contributed by atoms with E-state index in [9.17, 15) is 18.0 Å². The van der Waals surface area contributed by atoms with Crippen molar-refractivity contribution in [1.82, 2.24) is 10.4 Å². The van der Waals surface area contributed by atoms with Crippen LogP contribution in [-0.4, -0.2) is 29.7 Å². The molecule has 1 atom stereocenters. The van der Waals surface area contributed by atoms with E-state index in [1.54, 1.807) is 13.8 Å². The van der Waals surface area contributed by atoms with E-state index in [0.717, 1.165) is 16.1 Å². The lowest BCUT2D eigenvalue weighted by atomic mass is 9.94. The highest BCUT2D eigenvalue weighted by atomic mass is 19.4. The van der Waals surface area contributed by atoms with E-state index in [0.29, 0.717) is 6.42 Å². The van der Waals surface area contributed by atoms with Gasteiger partial charge in [-0.1, -0.05) is 29.8 Å². The van der Waals surface area contributed by atoms with Crippen LogP contribution in [-0.2, 0) is 11.2 Å². The van der Waals surface area contributed by atoms with E-state index in [1.165, 1.54) is 0 Å². The van der Waals surface area contributed by atoms with Crippen molar-refractivity contribution in [2.75, 3.05) is 6.54 Å². The summed E-state index contributed by atoms with van der Waals surface area (Å²) in [5.74, 6) is -0.364. The number of nitrogens with zero attached hydrogens (tertiary/aromatic N) is 1. The molecule has 0 saturated carbocycles. The van der Waals surface area contributed by atoms with Gasteiger partial charge in [0.1, 0.15) is 6.04 Å². The summed E-state index contributed by atoms with van der Waals surface area (Å²) in [5.41, 5.74) is 3.47. The van der Waals surface area contributed by atoms with Gasteiger partial charge >= 0.3 is 6.18 Å². The highest BCUT2D eigenvalue weighted by Crippen LogP contribution is 2.33. The largest absolute Gasteiger partial charge is 0.405 e. The molecule has 1 saturated heterocycles. The van der Waals surface area contributed by atoms with E-state index < -0.39 is 17.6 Å². The zero-order chi connectivity index (χ0) is 16.5. The monoisotopic (exact) mass is 314 g/mol. The molecule has 1 aromatic carbocycles. The topological polar surface area (TPSA) is 32.3 Å². The fourth-order valence-corrected chi connectivity index (χ4v) is 2.67. The van der Waals surface area contributed by atoms with Gasteiger partial charge in [0.15, 0.2) is 0 Å². The lowest BCUT2D eigenvalue weighted by Crippen LogP contribution is -2.50. The highest BCUT2D eigenvalue weighted by molar-refractivity contribution is 5.83. The average molecular weight is 314 g/mol. The lowest BCUT2D eigenvalue weighted by Gasteiger charge is -2.29. The molecule has 0 bridgehead atoms. The molecule has 1 amide bonds. The maximum atomic E-state index is 13.3. The van der Waals surface area contributed by atoms with Crippen molar-refractivity contribution >= 4 is 5.91 Å². The summed E-state index contributed by atoms with van der Waals surface area (Å²) < 4.78 is 40.0. The van der Waals surface area contributed by atoms with Gasteiger partial charge in [-0.3, -0.25) is 10.2 Å². The molecule has 1 aliphatic rings. The van der Waals surface area contributed by atoms with Crippen molar-refractivity contribution < 1.29 is 18.0 Å². The van der Waals surface area contributed by atoms with Crippen molar-refractivity contribution in [2.45, 2.75) is 45.8 Å². The molecule has 0 radical (unpaired) electrons. The third-order valence-electron chi connectivity index (χ3n) is 3.97. The van der Waals surface area contributed by atoms with Gasteiger partial charge in [-0.15, -0.1) is 0 Å². The Bertz CT molecular complexity index is 555. The summed E-state index contributed by atoms with van der Waals surface area (Å²) >= 11 is 0. The minimum atomic E-state index is -4.38. The van der Waals surface area contributed by atoms with E-state index in [2.05, 4.69) is 5.43 Å². The van der Waals surface area contributed by atoms with Gasteiger partial charge in [-0.25, -0.2) is 5.01 Å². The summed E-state index contributed by atoms with van der Waals surface area (Å²) in [6.45, 7) is 5.27. The van der Waals surface area contributed by atoms with Crippen LogP contribution >= 0.6 is 0 Å². The SMILES string of the molecule is Cc1cccc(CCC(N2CC(C)(C)C(=O)N2)C(F)(F)F)c1. The second kappa shape index (κ2) is 5.91. The maximum Gasteiger partial charge on any atom is 0.405 e. The molecule has 6 heteroatoms. The molecule has 0 spiro atoms. The van der Waals surface area contributed by atoms with Crippen LogP contribution in [0.1, 0.15) is 31.4 Å². The van der Waals surface area contributed by atoms with E-state index >= 15 is 0 Å². The third kappa shape index (κ3) is 3.80. The van der Waals surface area contributed by atoms with Crippen LogP contribution in [0.3, 0.4) is 0 Å². The quantitative estimate of drug-likeness (QED) is 0.925. The number of rotatable bonds is 4. The second-order valence-electron chi connectivity index (χ2n) is 6.54. The third-order valence-corrected chi connectivity index (χ3v) is 3.97. The molecule has 0 aromatic heterocycles. The van der Waals surface area contributed by atoms with Crippen LogP contribution in [0, 0.1) is 12.3 Å². The number of hydrazine groups is 1. The van der Waals surface area contributed by atoms with Crippen molar-refractivity contribution in [3.8, 4) is 0 Å². The predicted octanol–water partition coefficient (Wildman–Crippen LogP) is 3.23. The number of carbonyl (C=O) groups is 1. The number of amides is 1. The molecular weight excluding hydrogens is 293 g/mol. The molecular formula is C16H21F3N2O. The summed E-state index contributed by atoms with van der Waals surface area (Å²) in [6.07, 6.45) is -4.14. The molecule has 1 aromatic rings. The van der Waals surface area contributed by atoms with E-state index in [4.69, 9.17) is 0 Å². The zero-order valence-electron chi connectivity index (χ0n) is 13.0. The number of hydrogen-bond donors (Lipinski definition) is 1. The van der Waals surface area contributed by atoms with Gasteiger partial charge in [0.25, 0.3) is 0 Å². The number of halogens is 3. The number of hydrogen-bond acceptors (Lipinski definition) is 2. The molecule has 0 aliphatic carbocycles. The van der Waals surface area contributed by atoms with Crippen LogP contribution < -0.4 is 5.43 Å². The minimum Gasteiger partial charge on any atom is -0.288 e. The predicted molar refractivity (Wildman–Crippen MR) is 78.0 cm³/mol. The van der Waals surface area contributed by atoms with Crippen molar-refractivity contribution in [2.24, 2.45) is 5.41 Å². The Labute approximate surface area is 128 Å². The van der Waals surface area contributed by atoms with Gasteiger partial charge in [0, 0.05) is 6.54 Å². The summed E-state index contributed by atoms with van der Waals surface area (Å²) in [5, 5.41) is 1.04. The Morgan fingerprint density at radius 3 is 2.55 bits per heavy atom. The first-order valence-electron chi connectivity index (χ1n) is 7.29. The first-order chi connectivity index (χ1) is 10.1. The van der Waals surface area contributed by atoms with Crippen molar-refractivity contribution in [3.05, 3.63) is 35.4 Å². The molecule has 2 rings (SSSR count). The Kier molecular flexibility index (Phi) is 4.52. The highest BCUT2D eigenvalue weighted by Gasteiger charge is 2.49. The Balaban J connectivity index is 2.10. The van der Waals surface area contributed by atoms with Crippen LogP contribution in [0.2, 0.25) is 0 Å². The number of nitrogens with one attached hydrogen (secondary N) is 1. The summed E-state index contributed by atoms with van der Waals surface area (Å²) in [7, 11) is 0. The summed E-state index contributed by atoms with van der Waals surface area (Å²) in [6, 6.07) is 5.80. The van der Waals surface area contributed by atoms with Gasteiger partial charge in [-0.05, 0) is 39.2 Å². The fraction of sp³-hybridized carbons (Fsp3) is 0.562. The number of alkyl halides is 3. The van der Waals surface area contributed by atoms with Crippen LogP contribution in [0.25, 0.3) is 0 Å². The minimum absolute atomic E-state index is 0.0594. The van der Waals surface area contributed by atoms with E-state index in [-0.39, 0.29) is 18.9 Å². The smallest absolute Gasteiger partial charge is 0.288 e. The average Bonchev–Trinajstić information content (AvgIpc) is 2.62. The molecule has 122 valence electrons. The van der Waals surface area contributed by atoms with Gasteiger partial charge < -0.3 is 0 Å². The Hall–Kier alpha value is -1.56. The summed E-state index contributed by atoms with van der Waals surface area (Å²) in [4.78, 5) is 11.7. The standard InChI is InChI=1S/C16H21F3N2O/c1-11-5-4-6-12(9-11)7-8-13(16(17,18)19)21-10-15(2,3)14(22)20-21/h4-6,9,13H,7-8,10H2,1-3H3,(H,20,22). The zero-order valence-corrected chi connectivity index (χ0v) is 13.0. The normalized spacial score (nSPS) is 20.0. The van der Waals surface area contributed by atoms with Gasteiger partial charge in [-0.2, -0.15) is 13.2 Å². The Morgan fingerprint density at radius 2 is 2.05 bits per heavy atom. The van der Waals surface area contributed by atoms with E-state index in [1.807, 2.05) is 31.2 Å². The first-order valence-corrected chi connectivity index (χ1v) is 7.29. The second-order valence-corrected chi connectivity index (χ2v) is 6.54. The number of aryl methyl sites for hydroxylation is 2. The molecule has 22 heavy (non-hydrogen) atoms. The lowest BCUT2D eigenvalue weighted by molar-refractivity contribution is -0.190. The van der Waals surface area contributed by atoms with Crippen molar-refractivity contribution in [1.29, 1.82) is 0 Å². The fourth-order valence-electron chi connectivity index (χ4n) is 2.67. The molecule has 3 nitrogen and oxygen atoms in total. The molecule has 1 unspecified atom stereocenters. The van der Waals surface area contributed by atoms with Gasteiger partial charge in [0.2, 0.25) is 5.91 Å². The first kappa shape index (κ1) is 16.8. The van der Waals surface area contributed by atoms with Crippen molar-refractivity contribution in [3.63, 3.8) is 0 Å². The maximum absolute atomic E-state index is 13.3. The molecule has 1 fully saturated rings.